The summed E-state index contributed by atoms with van der Waals surface area (Å²) in [5, 5.41) is 2.97. The lowest BCUT2D eigenvalue weighted by Crippen LogP contribution is -2.36. The number of amides is 1. The molecule has 0 aliphatic heterocycles. The molecule has 0 aromatic heterocycles. The Balaban J connectivity index is 2.27. The van der Waals surface area contributed by atoms with Gasteiger partial charge < -0.3 is 10.1 Å². The van der Waals surface area contributed by atoms with Crippen LogP contribution in [-0.4, -0.2) is 34.5 Å². The summed E-state index contributed by atoms with van der Waals surface area (Å²) in [5.41, 5.74) is 0.240. The van der Waals surface area contributed by atoms with Crippen molar-refractivity contribution in [2.75, 3.05) is 14.2 Å². The number of sulfonamides is 1. The van der Waals surface area contributed by atoms with Crippen LogP contribution >= 0.6 is 0 Å². The summed E-state index contributed by atoms with van der Waals surface area (Å²) in [6, 6.07) is 4.42. The molecule has 2 rings (SSSR count). The standard InChI is InChI=1S/C15H22N2O4S/c1-16-22(19,20)12-8-9-14(21-2)13(10-12)15(18)17-11-6-4-3-5-7-11/h8-11,16H,3-7H2,1-2H3,(H,17,18). The van der Waals surface area contributed by atoms with E-state index in [0.29, 0.717) is 5.75 Å². The summed E-state index contributed by atoms with van der Waals surface area (Å²) in [7, 11) is -0.806. The van der Waals surface area contributed by atoms with Gasteiger partial charge in [-0.3, -0.25) is 4.79 Å². The molecule has 1 aromatic carbocycles. The minimum absolute atomic E-state index is 0.0459. The van der Waals surface area contributed by atoms with E-state index in [1.807, 2.05) is 0 Å². The monoisotopic (exact) mass is 326 g/mol. The lowest BCUT2D eigenvalue weighted by Gasteiger charge is -2.23. The molecule has 1 saturated carbocycles. The molecule has 1 aliphatic carbocycles. The van der Waals surface area contributed by atoms with Gasteiger partial charge in [0.05, 0.1) is 17.6 Å². The van der Waals surface area contributed by atoms with Crippen molar-refractivity contribution >= 4 is 15.9 Å². The maximum absolute atomic E-state index is 12.5. The lowest BCUT2D eigenvalue weighted by atomic mass is 9.95. The molecule has 2 N–H and O–H groups in total. The summed E-state index contributed by atoms with van der Waals surface area (Å²) < 4.78 is 31.2. The second kappa shape index (κ2) is 7.11. The maximum Gasteiger partial charge on any atom is 0.255 e. The van der Waals surface area contributed by atoms with Crippen LogP contribution < -0.4 is 14.8 Å². The van der Waals surface area contributed by atoms with Crippen molar-refractivity contribution in [3.63, 3.8) is 0 Å². The van der Waals surface area contributed by atoms with E-state index in [9.17, 15) is 13.2 Å². The lowest BCUT2D eigenvalue weighted by molar-refractivity contribution is 0.0924. The summed E-state index contributed by atoms with van der Waals surface area (Å²) in [4.78, 5) is 12.5. The predicted octanol–water partition coefficient (Wildman–Crippen LogP) is 1.67. The summed E-state index contributed by atoms with van der Waals surface area (Å²) in [6.07, 6.45) is 5.34. The van der Waals surface area contributed by atoms with Crippen LogP contribution in [-0.2, 0) is 10.0 Å². The Morgan fingerprint density at radius 1 is 1.23 bits per heavy atom. The summed E-state index contributed by atoms with van der Waals surface area (Å²) in [5.74, 6) is 0.0697. The number of ether oxygens (including phenoxy) is 1. The summed E-state index contributed by atoms with van der Waals surface area (Å²) >= 11 is 0. The first-order valence-electron chi connectivity index (χ1n) is 7.40. The van der Waals surface area contributed by atoms with E-state index in [-0.39, 0.29) is 22.4 Å². The minimum Gasteiger partial charge on any atom is -0.496 e. The van der Waals surface area contributed by atoms with Gasteiger partial charge in [0.2, 0.25) is 10.0 Å². The SMILES string of the molecule is CNS(=O)(=O)c1ccc(OC)c(C(=O)NC2CCCCC2)c1. The third kappa shape index (κ3) is 3.78. The fraction of sp³-hybridized carbons (Fsp3) is 0.533. The fourth-order valence-electron chi connectivity index (χ4n) is 2.66. The number of methoxy groups -OCH3 is 1. The molecule has 1 aliphatic rings. The topological polar surface area (TPSA) is 84.5 Å². The number of benzene rings is 1. The fourth-order valence-corrected chi connectivity index (χ4v) is 3.42. The zero-order valence-electron chi connectivity index (χ0n) is 12.9. The van der Waals surface area contributed by atoms with E-state index in [0.717, 1.165) is 25.7 Å². The van der Waals surface area contributed by atoms with E-state index in [2.05, 4.69) is 10.0 Å². The molecule has 0 bridgehead atoms. The molecule has 1 aromatic rings. The minimum atomic E-state index is -3.60. The second-order valence-electron chi connectivity index (χ2n) is 5.38. The van der Waals surface area contributed by atoms with E-state index in [1.54, 1.807) is 0 Å². The first kappa shape index (κ1) is 16.8. The molecule has 0 saturated heterocycles. The molecule has 22 heavy (non-hydrogen) atoms. The van der Waals surface area contributed by atoms with Gasteiger partial charge >= 0.3 is 0 Å². The Bertz CT molecular complexity index is 637. The van der Waals surface area contributed by atoms with Gasteiger partial charge in [0, 0.05) is 6.04 Å². The van der Waals surface area contributed by atoms with Crippen molar-refractivity contribution in [3.8, 4) is 5.75 Å². The molecule has 6 nitrogen and oxygen atoms in total. The number of carbonyl (C=O) groups excluding carboxylic acids is 1. The van der Waals surface area contributed by atoms with Crippen LogP contribution in [0, 0.1) is 0 Å². The highest BCUT2D eigenvalue weighted by Gasteiger charge is 2.21. The molecular weight excluding hydrogens is 304 g/mol. The van der Waals surface area contributed by atoms with E-state index >= 15 is 0 Å². The molecule has 1 amide bonds. The predicted molar refractivity (Wildman–Crippen MR) is 83.6 cm³/mol. The molecule has 0 radical (unpaired) electrons. The number of carbonyl (C=O) groups is 1. The van der Waals surface area contributed by atoms with Crippen LogP contribution in [0.3, 0.4) is 0 Å². The van der Waals surface area contributed by atoms with Crippen LogP contribution in [0.2, 0.25) is 0 Å². The average Bonchev–Trinajstić information content (AvgIpc) is 2.55. The number of rotatable bonds is 5. The molecule has 1 fully saturated rings. The van der Waals surface area contributed by atoms with Crippen molar-refractivity contribution in [2.24, 2.45) is 0 Å². The van der Waals surface area contributed by atoms with Crippen molar-refractivity contribution < 1.29 is 17.9 Å². The molecule has 122 valence electrons. The largest absolute Gasteiger partial charge is 0.496 e. The molecular formula is C15H22N2O4S. The van der Waals surface area contributed by atoms with Crippen molar-refractivity contribution in [1.82, 2.24) is 10.0 Å². The van der Waals surface area contributed by atoms with Crippen LogP contribution in [0.1, 0.15) is 42.5 Å². The molecule has 7 heteroatoms. The molecule has 0 spiro atoms. The van der Waals surface area contributed by atoms with Gasteiger partial charge in [0.1, 0.15) is 5.75 Å². The van der Waals surface area contributed by atoms with Gasteiger partial charge in [0.15, 0.2) is 0 Å². The normalized spacial score (nSPS) is 16.3. The van der Waals surface area contributed by atoms with E-state index in [1.165, 1.54) is 38.8 Å². The second-order valence-corrected chi connectivity index (χ2v) is 7.26. The third-order valence-corrected chi connectivity index (χ3v) is 5.35. The number of nitrogens with one attached hydrogen (secondary N) is 2. The highest BCUT2D eigenvalue weighted by atomic mass is 32.2. The Hall–Kier alpha value is -1.60. The highest BCUT2D eigenvalue weighted by Crippen LogP contribution is 2.24. The van der Waals surface area contributed by atoms with Crippen LogP contribution in [0.15, 0.2) is 23.1 Å². The maximum atomic E-state index is 12.5. The van der Waals surface area contributed by atoms with Crippen LogP contribution in [0.5, 0.6) is 5.75 Å². The Labute approximate surface area is 131 Å². The summed E-state index contributed by atoms with van der Waals surface area (Å²) in [6.45, 7) is 0. The van der Waals surface area contributed by atoms with E-state index in [4.69, 9.17) is 4.74 Å². The quantitative estimate of drug-likeness (QED) is 0.862. The highest BCUT2D eigenvalue weighted by molar-refractivity contribution is 7.89. The van der Waals surface area contributed by atoms with Crippen LogP contribution in [0.25, 0.3) is 0 Å². The number of hydrogen-bond donors (Lipinski definition) is 2. The molecule has 0 heterocycles. The zero-order chi connectivity index (χ0) is 16.2. The Morgan fingerprint density at radius 3 is 2.50 bits per heavy atom. The van der Waals surface area contributed by atoms with Gasteiger partial charge in [-0.15, -0.1) is 0 Å². The van der Waals surface area contributed by atoms with Crippen molar-refractivity contribution in [3.05, 3.63) is 23.8 Å². The van der Waals surface area contributed by atoms with Gasteiger partial charge in [0.25, 0.3) is 5.91 Å². The Morgan fingerprint density at radius 2 is 1.91 bits per heavy atom. The Kier molecular flexibility index (Phi) is 5.42. The van der Waals surface area contributed by atoms with E-state index < -0.39 is 10.0 Å². The average molecular weight is 326 g/mol. The van der Waals surface area contributed by atoms with Gasteiger partial charge in [-0.05, 0) is 38.1 Å². The van der Waals surface area contributed by atoms with Crippen LogP contribution in [0.4, 0.5) is 0 Å². The van der Waals surface area contributed by atoms with Gasteiger partial charge in [-0.25, -0.2) is 13.1 Å². The molecule has 0 atom stereocenters. The smallest absolute Gasteiger partial charge is 0.255 e. The first-order valence-corrected chi connectivity index (χ1v) is 8.88. The third-order valence-electron chi connectivity index (χ3n) is 3.93. The zero-order valence-corrected chi connectivity index (χ0v) is 13.7. The first-order chi connectivity index (χ1) is 10.5. The van der Waals surface area contributed by atoms with Gasteiger partial charge in [-0.2, -0.15) is 0 Å². The van der Waals surface area contributed by atoms with Gasteiger partial charge in [-0.1, -0.05) is 19.3 Å². The van der Waals surface area contributed by atoms with Crippen molar-refractivity contribution in [1.29, 1.82) is 0 Å². The number of hydrogen-bond acceptors (Lipinski definition) is 4. The van der Waals surface area contributed by atoms with Crippen molar-refractivity contribution in [2.45, 2.75) is 43.0 Å². The molecule has 0 unspecified atom stereocenters.